The number of ketones is 1. The van der Waals surface area contributed by atoms with Gasteiger partial charge in [-0.1, -0.05) is 0 Å². The Morgan fingerprint density at radius 2 is 2.17 bits per heavy atom. The lowest BCUT2D eigenvalue weighted by Gasteiger charge is -2.14. The summed E-state index contributed by atoms with van der Waals surface area (Å²) in [5.41, 5.74) is 0.699. The van der Waals surface area contributed by atoms with Crippen molar-refractivity contribution in [3.63, 3.8) is 0 Å². The van der Waals surface area contributed by atoms with Gasteiger partial charge >= 0.3 is 0 Å². The predicted molar refractivity (Wildman–Crippen MR) is 49.3 cm³/mol. The highest BCUT2D eigenvalue weighted by Crippen LogP contribution is 2.11. The molecule has 4 heteroatoms. The summed E-state index contributed by atoms with van der Waals surface area (Å²) in [7, 11) is 2.89. The van der Waals surface area contributed by atoms with Gasteiger partial charge < -0.3 is 4.90 Å². The SMILES string of the molecule is CN(C)/C=C1/C[S@@](=O)CCC1=O. The van der Waals surface area contributed by atoms with E-state index in [4.69, 9.17) is 0 Å². The Balaban J connectivity index is 2.73. The number of hydrogen-bond donors (Lipinski definition) is 0. The molecule has 0 amide bonds. The molecular weight excluding hydrogens is 174 g/mol. The molecule has 1 fully saturated rings. The second-order valence-electron chi connectivity index (χ2n) is 3.08. The Morgan fingerprint density at radius 1 is 1.50 bits per heavy atom. The molecule has 1 saturated heterocycles. The van der Waals surface area contributed by atoms with E-state index in [1.807, 2.05) is 19.0 Å². The van der Waals surface area contributed by atoms with Crippen LogP contribution in [-0.4, -0.2) is 40.5 Å². The molecular formula is C8H13NO2S. The van der Waals surface area contributed by atoms with Gasteiger partial charge in [-0.05, 0) is 0 Å². The maximum atomic E-state index is 11.2. The minimum atomic E-state index is -0.823. The zero-order valence-corrected chi connectivity index (χ0v) is 8.19. The van der Waals surface area contributed by atoms with Crippen LogP contribution in [0.25, 0.3) is 0 Å². The monoisotopic (exact) mass is 187 g/mol. The number of Topliss-reactive ketones (excluding diaryl/α,β-unsaturated/α-hetero) is 1. The molecule has 0 aliphatic carbocycles. The fourth-order valence-corrected chi connectivity index (χ4v) is 2.25. The van der Waals surface area contributed by atoms with E-state index < -0.39 is 10.8 Å². The van der Waals surface area contributed by atoms with E-state index >= 15 is 0 Å². The fraction of sp³-hybridized carbons (Fsp3) is 0.625. The third-order valence-electron chi connectivity index (χ3n) is 1.65. The Bertz CT molecular complexity index is 245. The minimum absolute atomic E-state index is 0.142. The van der Waals surface area contributed by atoms with Crippen molar-refractivity contribution in [2.45, 2.75) is 6.42 Å². The lowest BCUT2D eigenvalue weighted by atomic mass is 10.1. The second-order valence-corrected chi connectivity index (χ2v) is 4.66. The lowest BCUT2D eigenvalue weighted by molar-refractivity contribution is -0.115. The Kier molecular flexibility index (Phi) is 3.03. The zero-order chi connectivity index (χ0) is 9.14. The van der Waals surface area contributed by atoms with Crippen molar-refractivity contribution in [3.8, 4) is 0 Å². The van der Waals surface area contributed by atoms with Gasteiger partial charge in [0.1, 0.15) is 0 Å². The molecule has 0 N–H and O–H groups in total. The van der Waals surface area contributed by atoms with Gasteiger partial charge in [0, 0.05) is 48.8 Å². The van der Waals surface area contributed by atoms with E-state index in [2.05, 4.69) is 0 Å². The third kappa shape index (κ3) is 2.44. The summed E-state index contributed by atoms with van der Waals surface area (Å²) in [4.78, 5) is 13.1. The first-order chi connectivity index (χ1) is 5.59. The van der Waals surface area contributed by atoms with E-state index in [0.29, 0.717) is 23.5 Å². The summed E-state index contributed by atoms with van der Waals surface area (Å²) in [6.07, 6.45) is 2.20. The average molecular weight is 187 g/mol. The normalized spacial score (nSPS) is 27.7. The molecule has 1 heterocycles. The maximum Gasteiger partial charge on any atom is 0.162 e. The maximum absolute atomic E-state index is 11.2. The number of hydrogen-bond acceptors (Lipinski definition) is 3. The number of carbonyl (C=O) groups excluding carboxylic acids is 1. The van der Waals surface area contributed by atoms with E-state index in [-0.39, 0.29) is 5.78 Å². The molecule has 1 aliphatic rings. The summed E-state index contributed by atoms with van der Waals surface area (Å²) in [6, 6.07) is 0. The van der Waals surface area contributed by atoms with Crippen LogP contribution in [0.4, 0.5) is 0 Å². The minimum Gasteiger partial charge on any atom is -0.383 e. The molecule has 68 valence electrons. The molecule has 1 atom stereocenters. The van der Waals surface area contributed by atoms with Gasteiger partial charge in [-0.25, -0.2) is 0 Å². The number of carbonyl (C=O) groups is 1. The van der Waals surface area contributed by atoms with Crippen LogP contribution in [0, 0.1) is 0 Å². The van der Waals surface area contributed by atoms with Crippen LogP contribution in [0.1, 0.15) is 6.42 Å². The van der Waals surface area contributed by atoms with Crippen LogP contribution in [0.5, 0.6) is 0 Å². The van der Waals surface area contributed by atoms with Crippen LogP contribution in [-0.2, 0) is 15.6 Å². The molecule has 0 radical (unpaired) electrons. The van der Waals surface area contributed by atoms with E-state index in [1.54, 1.807) is 6.20 Å². The fourth-order valence-electron chi connectivity index (χ4n) is 1.11. The molecule has 0 aromatic heterocycles. The molecule has 1 rings (SSSR count). The summed E-state index contributed by atoms with van der Waals surface area (Å²) in [6.45, 7) is 0. The Hall–Kier alpha value is -0.640. The molecule has 3 nitrogen and oxygen atoms in total. The van der Waals surface area contributed by atoms with Crippen molar-refractivity contribution >= 4 is 16.6 Å². The van der Waals surface area contributed by atoms with E-state index in [9.17, 15) is 9.00 Å². The highest BCUT2D eigenvalue weighted by molar-refractivity contribution is 7.85. The number of nitrogens with zero attached hydrogens (tertiary/aromatic N) is 1. The van der Waals surface area contributed by atoms with Crippen molar-refractivity contribution in [1.82, 2.24) is 4.90 Å². The van der Waals surface area contributed by atoms with Gasteiger partial charge in [-0.3, -0.25) is 9.00 Å². The van der Waals surface area contributed by atoms with Crippen LogP contribution in [0.2, 0.25) is 0 Å². The highest BCUT2D eigenvalue weighted by Gasteiger charge is 2.19. The first-order valence-corrected chi connectivity index (χ1v) is 5.33. The van der Waals surface area contributed by atoms with Crippen LogP contribution < -0.4 is 0 Å². The van der Waals surface area contributed by atoms with Gasteiger partial charge in [0.2, 0.25) is 0 Å². The van der Waals surface area contributed by atoms with Gasteiger partial charge in [-0.15, -0.1) is 0 Å². The first kappa shape index (κ1) is 9.45. The Morgan fingerprint density at radius 3 is 2.75 bits per heavy atom. The smallest absolute Gasteiger partial charge is 0.162 e. The highest BCUT2D eigenvalue weighted by atomic mass is 32.2. The van der Waals surface area contributed by atoms with E-state index in [1.165, 1.54) is 0 Å². The second kappa shape index (κ2) is 3.85. The van der Waals surface area contributed by atoms with Crippen LogP contribution in [0.3, 0.4) is 0 Å². The largest absolute Gasteiger partial charge is 0.383 e. The van der Waals surface area contributed by atoms with Gasteiger partial charge in [0.05, 0.1) is 5.75 Å². The Labute approximate surface area is 74.9 Å². The van der Waals surface area contributed by atoms with Gasteiger partial charge in [-0.2, -0.15) is 0 Å². The summed E-state index contributed by atoms with van der Waals surface area (Å²) < 4.78 is 11.1. The molecule has 0 aromatic carbocycles. The molecule has 0 spiro atoms. The molecule has 0 unspecified atom stereocenters. The standard InChI is InChI=1S/C8H13NO2S/c1-9(2)5-7-6-12(11)4-3-8(7)10/h5H,3-4,6H2,1-2H3/b7-5-/t12-/m0/s1. The predicted octanol–water partition coefficient (Wildman–Crippen LogP) is 0.153. The number of rotatable bonds is 1. The van der Waals surface area contributed by atoms with Crippen molar-refractivity contribution < 1.29 is 9.00 Å². The van der Waals surface area contributed by atoms with Crippen molar-refractivity contribution in [1.29, 1.82) is 0 Å². The quantitative estimate of drug-likeness (QED) is 0.548. The topological polar surface area (TPSA) is 37.4 Å². The van der Waals surface area contributed by atoms with Crippen molar-refractivity contribution in [3.05, 3.63) is 11.8 Å². The molecule has 0 aromatic rings. The molecule has 1 aliphatic heterocycles. The zero-order valence-electron chi connectivity index (χ0n) is 7.37. The summed E-state index contributed by atoms with van der Waals surface area (Å²) in [5.74, 6) is 1.10. The lowest BCUT2D eigenvalue weighted by Crippen LogP contribution is -2.23. The van der Waals surface area contributed by atoms with Crippen molar-refractivity contribution in [2.24, 2.45) is 0 Å². The summed E-state index contributed by atoms with van der Waals surface area (Å²) in [5, 5.41) is 0. The third-order valence-corrected chi connectivity index (χ3v) is 2.94. The first-order valence-electron chi connectivity index (χ1n) is 3.85. The average Bonchev–Trinajstić information content (AvgIpc) is 1.96. The van der Waals surface area contributed by atoms with Crippen molar-refractivity contribution in [2.75, 3.05) is 25.6 Å². The van der Waals surface area contributed by atoms with E-state index in [0.717, 1.165) is 0 Å². The molecule has 12 heavy (non-hydrogen) atoms. The van der Waals surface area contributed by atoms with Crippen LogP contribution >= 0.6 is 0 Å². The molecule has 0 bridgehead atoms. The van der Waals surface area contributed by atoms with Gasteiger partial charge in [0.25, 0.3) is 0 Å². The molecule has 0 saturated carbocycles. The van der Waals surface area contributed by atoms with Crippen LogP contribution in [0.15, 0.2) is 11.8 Å². The summed E-state index contributed by atoms with van der Waals surface area (Å²) >= 11 is 0. The van der Waals surface area contributed by atoms with Gasteiger partial charge in [0.15, 0.2) is 5.78 Å².